The molecule has 1 atom stereocenters. The number of aliphatic hydroxyl groups excluding tert-OH is 1. The summed E-state index contributed by atoms with van der Waals surface area (Å²) >= 11 is 1.35. The summed E-state index contributed by atoms with van der Waals surface area (Å²) in [6, 6.07) is 17.7. The van der Waals surface area contributed by atoms with Crippen molar-refractivity contribution >= 4 is 27.2 Å². The van der Waals surface area contributed by atoms with Gasteiger partial charge in [0.25, 0.3) is 10.0 Å². The molecule has 4 aromatic rings. The molecule has 0 radical (unpaired) electrons. The van der Waals surface area contributed by atoms with E-state index < -0.39 is 16.1 Å². The lowest BCUT2D eigenvalue weighted by atomic mass is 10.1. The fourth-order valence-electron chi connectivity index (χ4n) is 4.25. The molecule has 2 aromatic carbocycles. The summed E-state index contributed by atoms with van der Waals surface area (Å²) in [5.41, 5.74) is 3.20. The molecule has 0 saturated heterocycles. The van der Waals surface area contributed by atoms with Crippen LogP contribution in [0.2, 0.25) is 0 Å². The Kier molecular flexibility index (Phi) is 11.2. The molecule has 8 nitrogen and oxygen atoms in total. The van der Waals surface area contributed by atoms with Crippen LogP contribution in [0, 0.1) is 0 Å². The Morgan fingerprint density at radius 3 is 2.45 bits per heavy atom. The Labute approximate surface area is 241 Å². The van der Waals surface area contributed by atoms with Crippen molar-refractivity contribution in [3.63, 3.8) is 0 Å². The molecule has 0 aliphatic heterocycles. The molecular weight excluding hydrogens is 542 g/mol. The number of aliphatic hydroxyl groups is 1. The number of nitrogens with one attached hydrogen (secondary N) is 2. The van der Waals surface area contributed by atoms with Crippen molar-refractivity contribution in [2.24, 2.45) is 0 Å². The second-order valence-electron chi connectivity index (χ2n) is 9.76. The van der Waals surface area contributed by atoms with Gasteiger partial charge >= 0.3 is 0 Å². The van der Waals surface area contributed by atoms with E-state index in [-0.39, 0.29) is 4.90 Å². The molecule has 1 unspecified atom stereocenters. The Bertz CT molecular complexity index is 1410. The van der Waals surface area contributed by atoms with Crippen molar-refractivity contribution in [2.45, 2.75) is 62.9 Å². The second-order valence-corrected chi connectivity index (χ2v) is 12.2. The minimum Gasteiger partial charge on any atom is -0.387 e. The lowest BCUT2D eigenvalue weighted by Gasteiger charge is -2.12. The quantitative estimate of drug-likeness (QED) is 0.144. The topological polar surface area (TPSA) is 117 Å². The zero-order valence-corrected chi connectivity index (χ0v) is 24.4. The third-order valence-corrected chi connectivity index (χ3v) is 8.79. The molecule has 0 aliphatic rings. The van der Waals surface area contributed by atoms with E-state index in [1.54, 1.807) is 54.9 Å². The van der Waals surface area contributed by atoms with Crippen LogP contribution in [0.15, 0.2) is 78.0 Å². The predicted octanol–water partition coefficient (Wildman–Crippen LogP) is 5.78. The van der Waals surface area contributed by atoms with E-state index in [1.165, 1.54) is 37.2 Å². The zero-order chi connectivity index (χ0) is 28.2. The molecule has 0 aliphatic carbocycles. The van der Waals surface area contributed by atoms with Crippen LogP contribution in [0.1, 0.15) is 62.1 Å². The highest BCUT2D eigenvalue weighted by atomic mass is 32.2. The van der Waals surface area contributed by atoms with Crippen molar-refractivity contribution in [1.82, 2.24) is 19.7 Å². The van der Waals surface area contributed by atoms with Gasteiger partial charge < -0.3 is 10.4 Å². The zero-order valence-electron chi connectivity index (χ0n) is 22.8. The summed E-state index contributed by atoms with van der Waals surface area (Å²) in [5.74, 6) is 0.858. The van der Waals surface area contributed by atoms with E-state index >= 15 is 0 Å². The van der Waals surface area contributed by atoms with Gasteiger partial charge in [-0.1, -0.05) is 62.9 Å². The average Bonchev–Trinajstić information content (AvgIpc) is 3.45. The molecule has 2 aromatic heterocycles. The first-order valence-electron chi connectivity index (χ1n) is 13.8. The number of hydrogen-bond acceptors (Lipinski definition) is 8. The first-order chi connectivity index (χ1) is 19.4. The standard InChI is InChI=1S/C30H37N5O3S2/c1-2-3-4-5-6-9-29-33-30(39-34-29)24-12-16-27(17-13-24)40(37,38)35-26-14-10-23(11-15-26)18-20-32-22-28(36)25-8-7-19-31-21-25/h7-8,10-17,19,21,28,32,35-36H,2-6,9,18,20,22H2,1H3. The SMILES string of the molecule is CCCCCCCc1nsc(-c2ccc(S(=O)(=O)Nc3ccc(CCNCC(O)c4cccnc4)cc3)cc2)n1. The van der Waals surface area contributed by atoms with Crippen molar-refractivity contribution in [3.8, 4) is 10.6 Å². The van der Waals surface area contributed by atoms with E-state index in [4.69, 9.17) is 0 Å². The maximum absolute atomic E-state index is 12.9. The lowest BCUT2D eigenvalue weighted by Crippen LogP contribution is -2.23. The summed E-state index contributed by atoms with van der Waals surface area (Å²) in [5, 5.41) is 14.3. The maximum atomic E-state index is 12.9. The van der Waals surface area contributed by atoms with E-state index in [0.717, 1.165) is 46.8 Å². The highest BCUT2D eigenvalue weighted by Gasteiger charge is 2.15. The summed E-state index contributed by atoms with van der Waals surface area (Å²) in [6.45, 7) is 3.32. The minimum atomic E-state index is -3.72. The molecule has 0 spiro atoms. The van der Waals surface area contributed by atoms with Crippen LogP contribution in [0.5, 0.6) is 0 Å². The maximum Gasteiger partial charge on any atom is 0.261 e. The number of unbranched alkanes of at least 4 members (excludes halogenated alkanes) is 4. The van der Waals surface area contributed by atoms with Crippen LogP contribution < -0.4 is 10.0 Å². The summed E-state index contributed by atoms with van der Waals surface area (Å²) < 4.78 is 33.0. The van der Waals surface area contributed by atoms with Crippen LogP contribution in [0.3, 0.4) is 0 Å². The molecule has 40 heavy (non-hydrogen) atoms. The molecule has 3 N–H and O–H groups in total. The average molecular weight is 580 g/mol. The number of aryl methyl sites for hydroxylation is 1. The molecule has 0 bridgehead atoms. The van der Waals surface area contributed by atoms with Gasteiger partial charge in [0.15, 0.2) is 0 Å². The predicted molar refractivity (Wildman–Crippen MR) is 161 cm³/mol. The fourth-order valence-corrected chi connectivity index (χ4v) is 6.02. The molecular formula is C30H37N5O3S2. The normalized spacial score (nSPS) is 12.3. The van der Waals surface area contributed by atoms with Crippen LogP contribution in [-0.2, 0) is 22.9 Å². The Balaban J connectivity index is 1.24. The third-order valence-electron chi connectivity index (χ3n) is 6.59. The van der Waals surface area contributed by atoms with E-state index in [1.807, 2.05) is 18.2 Å². The van der Waals surface area contributed by atoms with Gasteiger partial charge in [-0.25, -0.2) is 13.4 Å². The van der Waals surface area contributed by atoms with Crippen molar-refractivity contribution < 1.29 is 13.5 Å². The number of nitrogens with zero attached hydrogens (tertiary/aromatic N) is 3. The highest BCUT2D eigenvalue weighted by molar-refractivity contribution is 7.92. The number of pyridine rings is 1. The molecule has 0 saturated carbocycles. The van der Waals surface area contributed by atoms with Crippen LogP contribution >= 0.6 is 11.5 Å². The van der Waals surface area contributed by atoms with E-state index in [0.29, 0.717) is 18.8 Å². The highest BCUT2D eigenvalue weighted by Crippen LogP contribution is 2.25. The number of sulfonamides is 1. The molecule has 2 heterocycles. The third kappa shape index (κ3) is 8.92. The van der Waals surface area contributed by atoms with Crippen LogP contribution in [0.4, 0.5) is 5.69 Å². The molecule has 4 rings (SSSR count). The van der Waals surface area contributed by atoms with Crippen LogP contribution in [-0.4, -0.2) is 41.0 Å². The van der Waals surface area contributed by atoms with Crippen molar-refractivity contribution in [1.29, 1.82) is 0 Å². The second kappa shape index (κ2) is 15.0. The van der Waals surface area contributed by atoms with Gasteiger partial charge in [-0.15, -0.1) is 0 Å². The Morgan fingerprint density at radius 1 is 0.950 bits per heavy atom. The van der Waals surface area contributed by atoms with Crippen molar-refractivity contribution in [2.75, 3.05) is 17.8 Å². The van der Waals surface area contributed by atoms with E-state index in [9.17, 15) is 13.5 Å². The van der Waals surface area contributed by atoms with Crippen LogP contribution in [0.25, 0.3) is 10.6 Å². The summed E-state index contributed by atoms with van der Waals surface area (Å²) in [6.07, 6.45) is 10.4. The van der Waals surface area contributed by atoms with Gasteiger partial charge in [0, 0.05) is 42.2 Å². The molecule has 10 heteroatoms. The summed E-state index contributed by atoms with van der Waals surface area (Å²) in [7, 11) is -3.72. The van der Waals surface area contributed by atoms with Gasteiger partial charge in [0.1, 0.15) is 10.8 Å². The Hall–Kier alpha value is -3.18. The van der Waals surface area contributed by atoms with Gasteiger partial charge in [0.05, 0.1) is 11.0 Å². The number of rotatable bonds is 16. The molecule has 0 amide bonds. The molecule has 0 fully saturated rings. The largest absolute Gasteiger partial charge is 0.387 e. The van der Waals surface area contributed by atoms with Gasteiger partial charge in [-0.05, 0) is 66.8 Å². The number of anilines is 1. The van der Waals surface area contributed by atoms with Gasteiger partial charge in [-0.2, -0.15) is 4.37 Å². The fraction of sp³-hybridized carbons (Fsp3) is 0.367. The van der Waals surface area contributed by atoms with E-state index in [2.05, 4.69) is 31.3 Å². The number of benzene rings is 2. The minimum absolute atomic E-state index is 0.192. The smallest absolute Gasteiger partial charge is 0.261 e. The van der Waals surface area contributed by atoms with Crippen molar-refractivity contribution in [3.05, 3.63) is 90.0 Å². The first kappa shape index (κ1) is 29.8. The van der Waals surface area contributed by atoms with Gasteiger partial charge in [-0.3, -0.25) is 9.71 Å². The Morgan fingerprint density at radius 2 is 1.73 bits per heavy atom. The first-order valence-corrected chi connectivity index (χ1v) is 16.0. The number of aromatic nitrogens is 3. The lowest BCUT2D eigenvalue weighted by molar-refractivity contribution is 0.174. The number of hydrogen-bond donors (Lipinski definition) is 3. The monoisotopic (exact) mass is 579 g/mol. The van der Waals surface area contributed by atoms with Gasteiger partial charge in [0.2, 0.25) is 0 Å². The summed E-state index contributed by atoms with van der Waals surface area (Å²) in [4.78, 5) is 8.86. The molecule has 212 valence electrons.